The van der Waals surface area contributed by atoms with Crippen molar-refractivity contribution in [1.29, 1.82) is 0 Å². The van der Waals surface area contributed by atoms with Gasteiger partial charge in [0.15, 0.2) is 11.6 Å². The highest BCUT2D eigenvalue weighted by molar-refractivity contribution is 6.00. The van der Waals surface area contributed by atoms with E-state index in [-0.39, 0.29) is 87.6 Å². The predicted octanol–water partition coefficient (Wildman–Crippen LogP) is 5.73. The molecule has 270 valence electrons. The normalized spacial score (nSPS) is 15.8. The van der Waals surface area contributed by atoms with Crippen molar-refractivity contribution in [2.75, 3.05) is 43.1 Å². The summed E-state index contributed by atoms with van der Waals surface area (Å²) in [5.74, 6) is -3.40. The van der Waals surface area contributed by atoms with Crippen LogP contribution >= 0.6 is 0 Å². The van der Waals surface area contributed by atoms with Gasteiger partial charge >= 0.3 is 18.2 Å². The molecule has 0 saturated carbocycles. The summed E-state index contributed by atoms with van der Waals surface area (Å²) < 4.78 is 85.8. The lowest BCUT2D eigenvalue weighted by Crippen LogP contribution is -2.57. The second-order valence-corrected chi connectivity index (χ2v) is 13.4. The first-order valence-corrected chi connectivity index (χ1v) is 16.1. The van der Waals surface area contributed by atoms with Crippen LogP contribution in [0.2, 0.25) is 0 Å². The Bertz CT molecular complexity index is 2150. The molecular formula is C35H35F5N6O5. The minimum atomic E-state index is -4.63. The lowest BCUT2D eigenvalue weighted by molar-refractivity contribution is -0.155. The van der Waals surface area contributed by atoms with Crippen LogP contribution in [-0.2, 0) is 22.9 Å². The fourth-order valence-corrected chi connectivity index (χ4v) is 6.50. The number of amides is 1. The number of aromatic nitrogens is 3. The SMILES string of the molecule is CCOC(=O)c1cn(C)c2ncc(-c3cnc4c(c3N3CCNC(C(F)(F)F)C3)-c3c(F)c(F)cc(N(C)C(=O)OC(C)(C)C)c3C4)cc2c1=O. The molecule has 1 amide bonds. The maximum absolute atomic E-state index is 16.1. The average molecular weight is 715 g/mol. The third kappa shape index (κ3) is 6.48. The number of nitrogens with zero attached hydrogens (tertiary/aromatic N) is 5. The first kappa shape index (κ1) is 35.7. The Balaban J connectivity index is 1.61. The quantitative estimate of drug-likeness (QED) is 0.180. The Labute approximate surface area is 289 Å². The molecule has 11 nitrogen and oxygen atoms in total. The molecule has 1 fully saturated rings. The first-order valence-electron chi connectivity index (χ1n) is 16.1. The lowest BCUT2D eigenvalue weighted by atomic mass is 9.96. The number of pyridine rings is 3. The number of hydrogen-bond donors (Lipinski definition) is 1. The lowest BCUT2D eigenvalue weighted by Gasteiger charge is -2.38. The third-order valence-electron chi connectivity index (χ3n) is 8.76. The van der Waals surface area contributed by atoms with Crippen LogP contribution < -0.4 is 20.5 Å². The highest BCUT2D eigenvalue weighted by atomic mass is 19.4. The van der Waals surface area contributed by atoms with Crippen molar-refractivity contribution in [3.63, 3.8) is 0 Å². The number of carbonyl (C=O) groups excluding carboxylic acids is 2. The average Bonchev–Trinajstić information content (AvgIpc) is 3.46. The van der Waals surface area contributed by atoms with Gasteiger partial charge in [-0.3, -0.25) is 14.7 Å². The van der Waals surface area contributed by atoms with Crippen LogP contribution in [0.15, 0.2) is 35.5 Å². The van der Waals surface area contributed by atoms with Gasteiger partial charge in [-0.25, -0.2) is 23.4 Å². The fourth-order valence-electron chi connectivity index (χ4n) is 6.50. The molecule has 1 N–H and O–H groups in total. The fraction of sp³-hybridized carbons (Fsp3) is 0.400. The van der Waals surface area contributed by atoms with Gasteiger partial charge in [-0.15, -0.1) is 0 Å². The van der Waals surface area contributed by atoms with Crippen LogP contribution in [0.5, 0.6) is 0 Å². The van der Waals surface area contributed by atoms with Gasteiger partial charge in [0.2, 0.25) is 5.43 Å². The third-order valence-corrected chi connectivity index (χ3v) is 8.76. The number of alkyl halides is 3. The molecule has 1 aromatic carbocycles. The second-order valence-electron chi connectivity index (χ2n) is 13.4. The molecule has 1 unspecified atom stereocenters. The molecule has 0 radical (unpaired) electrons. The minimum Gasteiger partial charge on any atom is -0.462 e. The van der Waals surface area contributed by atoms with Gasteiger partial charge in [-0.2, -0.15) is 13.2 Å². The number of nitrogens with one attached hydrogen (secondary N) is 1. The number of fused-ring (bicyclic) bond motifs is 4. The zero-order valence-electron chi connectivity index (χ0n) is 28.7. The standard InChI is InChI=1S/C35H35F5N6O5/c1-7-50-32(48)21-15-44(5)31-19(30(21)47)10-17(13-43-31)20-14-42-23-11-18-24(45(6)33(49)51-34(2,3)4)12-22(36)28(37)26(18)27(23)29(20)46-9-8-41-25(16-46)35(38,39)40/h10,12-15,25,41H,7-9,11,16H2,1-6H3. The molecule has 16 heteroatoms. The number of rotatable bonds is 5. The number of esters is 1. The van der Waals surface area contributed by atoms with Gasteiger partial charge in [0, 0.05) is 87.1 Å². The van der Waals surface area contributed by atoms with Crippen LogP contribution in [0, 0.1) is 11.6 Å². The maximum atomic E-state index is 16.1. The number of hydrogen-bond acceptors (Lipinski definition) is 9. The molecular weight excluding hydrogens is 679 g/mol. The zero-order valence-corrected chi connectivity index (χ0v) is 28.7. The Kier molecular flexibility index (Phi) is 9.02. The zero-order chi connectivity index (χ0) is 37.2. The highest BCUT2D eigenvalue weighted by Crippen LogP contribution is 2.51. The molecule has 1 aliphatic heterocycles. The van der Waals surface area contributed by atoms with E-state index in [9.17, 15) is 27.6 Å². The smallest absolute Gasteiger partial charge is 0.414 e. The van der Waals surface area contributed by atoms with E-state index in [2.05, 4.69) is 15.3 Å². The Hall–Kier alpha value is -5.12. The van der Waals surface area contributed by atoms with Crippen molar-refractivity contribution in [3.8, 4) is 22.3 Å². The summed E-state index contributed by atoms with van der Waals surface area (Å²) in [5, 5.41) is 2.48. The number of benzene rings is 1. The van der Waals surface area contributed by atoms with Crippen LogP contribution in [0.4, 0.5) is 38.1 Å². The van der Waals surface area contributed by atoms with E-state index >= 15 is 8.78 Å². The molecule has 51 heavy (non-hydrogen) atoms. The molecule has 4 aromatic rings. The van der Waals surface area contributed by atoms with Crippen molar-refractivity contribution in [1.82, 2.24) is 19.9 Å². The second kappa shape index (κ2) is 12.9. The largest absolute Gasteiger partial charge is 0.462 e. The van der Waals surface area contributed by atoms with E-state index in [1.165, 1.54) is 41.2 Å². The monoisotopic (exact) mass is 714 g/mol. The summed E-state index contributed by atoms with van der Waals surface area (Å²) in [4.78, 5) is 50.7. The summed E-state index contributed by atoms with van der Waals surface area (Å²) in [5.41, 5.74) is -0.866. The summed E-state index contributed by atoms with van der Waals surface area (Å²) >= 11 is 0. The Morgan fingerprint density at radius 1 is 1.10 bits per heavy atom. The summed E-state index contributed by atoms with van der Waals surface area (Å²) in [6, 6.07) is 0.354. The topological polar surface area (TPSA) is 119 Å². The van der Waals surface area contributed by atoms with Crippen LogP contribution in [-0.4, -0.2) is 77.7 Å². The molecule has 4 heterocycles. The van der Waals surface area contributed by atoms with Crippen LogP contribution in [0.3, 0.4) is 0 Å². The van der Waals surface area contributed by atoms with E-state index in [1.54, 1.807) is 34.7 Å². The number of piperazine rings is 1. The number of ether oxygens (including phenoxy) is 2. The van der Waals surface area contributed by atoms with Crippen molar-refractivity contribution in [2.45, 2.75) is 51.9 Å². The number of aryl methyl sites for hydroxylation is 1. The highest BCUT2D eigenvalue weighted by Gasteiger charge is 2.44. The van der Waals surface area contributed by atoms with Crippen molar-refractivity contribution < 1.29 is 41.0 Å². The Morgan fingerprint density at radius 3 is 2.49 bits per heavy atom. The van der Waals surface area contributed by atoms with E-state index < -0.39 is 53.5 Å². The molecule has 0 spiro atoms. The molecule has 1 aliphatic carbocycles. The number of halogens is 5. The Morgan fingerprint density at radius 2 is 1.82 bits per heavy atom. The molecule has 0 bridgehead atoms. The minimum absolute atomic E-state index is 0.000470. The van der Waals surface area contributed by atoms with Crippen molar-refractivity contribution in [3.05, 3.63) is 69.4 Å². The molecule has 1 saturated heterocycles. The molecule has 1 atom stereocenters. The summed E-state index contributed by atoms with van der Waals surface area (Å²) in [6.45, 7) is 5.94. The first-order chi connectivity index (χ1) is 23.9. The van der Waals surface area contributed by atoms with E-state index in [1.807, 2.05) is 0 Å². The molecule has 2 aliphatic rings. The summed E-state index contributed by atoms with van der Waals surface area (Å²) in [7, 11) is 2.93. The van der Waals surface area contributed by atoms with Gasteiger partial charge in [-0.05, 0) is 39.3 Å². The van der Waals surface area contributed by atoms with Gasteiger partial charge in [0.1, 0.15) is 22.9 Å². The maximum Gasteiger partial charge on any atom is 0.414 e. The van der Waals surface area contributed by atoms with Gasteiger partial charge in [0.25, 0.3) is 0 Å². The van der Waals surface area contributed by atoms with E-state index in [0.29, 0.717) is 0 Å². The predicted molar refractivity (Wildman–Crippen MR) is 179 cm³/mol. The van der Waals surface area contributed by atoms with E-state index in [0.717, 1.165) is 11.0 Å². The van der Waals surface area contributed by atoms with Gasteiger partial charge in [0.05, 0.1) is 29.1 Å². The van der Waals surface area contributed by atoms with Crippen LogP contribution in [0.25, 0.3) is 33.3 Å². The van der Waals surface area contributed by atoms with Crippen molar-refractivity contribution in [2.24, 2.45) is 7.05 Å². The van der Waals surface area contributed by atoms with Gasteiger partial charge < -0.3 is 24.3 Å². The number of anilines is 2. The molecule has 3 aromatic heterocycles. The van der Waals surface area contributed by atoms with Gasteiger partial charge in [-0.1, -0.05) is 0 Å². The molecule has 6 rings (SSSR count). The number of carbonyl (C=O) groups is 2. The van der Waals surface area contributed by atoms with Crippen molar-refractivity contribution >= 4 is 34.5 Å². The van der Waals surface area contributed by atoms with Crippen LogP contribution in [0.1, 0.15) is 49.3 Å². The van der Waals surface area contributed by atoms with E-state index in [4.69, 9.17) is 9.47 Å². The summed E-state index contributed by atoms with van der Waals surface area (Å²) in [6.07, 6.45) is -1.46.